The van der Waals surface area contributed by atoms with E-state index in [2.05, 4.69) is 20.9 Å². The van der Waals surface area contributed by atoms with Crippen molar-refractivity contribution in [2.45, 2.75) is 26.1 Å². The van der Waals surface area contributed by atoms with E-state index >= 15 is 0 Å². The van der Waals surface area contributed by atoms with E-state index in [1.807, 2.05) is 19.1 Å². The van der Waals surface area contributed by atoms with E-state index in [0.29, 0.717) is 38.8 Å². The Morgan fingerprint density at radius 2 is 1.81 bits per heavy atom. The molecule has 0 aliphatic heterocycles. The second-order valence-corrected chi connectivity index (χ2v) is 6.50. The number of aliphatic imine (C=N–C) groups is 1. The Kier molecular flexibility index (Phi) is 12.8. The van der Waals surface area contributed by atoms with Crippen LogP contribution in [0.4, 0.5) is 13.2 Å². The lowest BCUT2D eigenvalue weighted by Gasteiger charge is -2.12. The molecule has 1 aromatic carbocycles. The summed E-state index contributed by atoms with van der Waals surface area (Å²) in [5, 5.41) is 8.85. The quantitative estimate of drug-likeness (QED) is 0.166. The van der Waals surface area contributed by atoms with Gasteiger partial charge in [0.05, 0.1) is 11.8 Å². The molecule has 178 valence electrons. The van der Waals surface area contributed by atoms with Crippen LogP contribution in [0.5, 0.6) is 0 Å². The van der Waals surface area contributed by atoms with Crippen LogP contribution in [0.3, 0.4) is 0 Å². The molecule has 2 aromatic rings. The van der Waals surface area contributed by atoms with Gasteiger partial charge in [0.15, 0.2) is 5.96 Å². The fourth-order valence-corrected chi connectivity index (χ4v) is 2.54. The fraction of sp³-hybridized carbons (Fsp3) is 0.429. The molecule has 0 aliphatic carbocycles. The highest BCUT2D eigenvalue weighted by molar-refractivity contribution is 14.0. The topological polar surface area (TPSA) is 87.9 Å². The lowest BCUT2D eigenvalue weighted by atomic mass is 10.1. The highest BCUT2D eigenvalue weighted by Gasteiger charge is 2.30. The summed E-state index contributed by atoms with van der Waals surface area (Å²) in [5.74, 6) is 0.945. The first kappa shape index (κ1) is 27.8. The van der Waals surface area contributed by atoms with E-state index < -0.39 is 17.6 Å². The van der Waals surface area contributed by atoms with Crippen LogP contribution in [-0.2, 0) is 17.5 Å². The molecule has 0 atom stereocenters. The van der Waals surface area contributed by atoms with Crippen molar-refractivity contribution in [1.82, 2.24) is 16.0 Å². The summed E-state index contributed by atoms with van der Waals surface area (Å²) in [5.41, 5.74) is -0.619. The van der Waals surface area contributed by atoms with Crippen molar-refractivity contribution in [2.75, 3.05) is 32.8 Å². The van der Waals surface area contributed by atoms with E-state index in [4.69, 9.17) is 9.15 Å². The summed E-state index contributed by atoms with van der Waals surface area (Å²) in [6.45, 7) is 4.85. The smallest absolute Gasteiger partial charge is 0.416 e. The third-order valence-corrected chi connectivity index (χ3v) is 4.06. The number of halogens is 4. The Hall–Kier alpha value is -2.28. The molecular formula is C21H28F3IN4O3. The number of hydrogen-bond donors (Lipinski definition) is 3. The van der Waals surface area contributed by atoms with Gasteiger partial charge in [0.25, 0.3) is 5.91 Å². The van der Waals surface area contributed by atoms with Crippen molar-refractivity contribution in [2.24, 2.45) is 4.99 Å². The third kappa shape index (κ3) is 10.4. The Morgan fingerprint density at radius 3 is 2.44 bits per heavy atom. The lowest BCUT2D eigenvalue weighted by Crippen LogP contribution is -2.41. The molecule has 1 amide bonds. The number of ether oxygens (including phenoxy) is 1. The first-order chi connectivity index (χ1) is 14.9. The summed E-state index contributed by atoms with van der Waals surface area (Å²) in [7, 11) is 0. The minimum Gasteiger partial charge on any atom is -0.467 e. The normalized spacial score (nSPS) is 11.6. The van der Waals surface area contributed by atoms with E-state index in [1.165, 1.54) is 0 Å². The van der Waals surface area contributed by atoms with Crippen LogP contribution in [0, 0.1) is 0 Å². The van der Waals surface area contributed by atoms with E-state index in [1.54, 1.807) is 6.26 Å². The van der Waals surface area contributed by atoms with Crippen LogP contribution in [0.25, 0.3) is 0 Å². The van der Waals surface area contributed by atoms with Gasteiger partial charge in [-0.1, -0.05) is 0 Å². The van der Waals surface area contributed by atoms with Crippen molar-refractivity contribution in [3.63, 3.8) is 0 Å². The van der Waals surface area contributed by atoms with E-state index in [-0.39, 0.29) is 36.1 Å². The molecule has 0 saturated carbocycles. The Balaban J connectivity index is 0.00000512. The molecule has 2 rings (SSSR count). The van der Waals surface area contributed by atoms with Crippen LogP contribution < -0.4 is 16.0 Å². The predicted molar refractivity (Wildman–Crippen MR) is 126 cm³/mol. The number of hydrogen-bond acceptors (Lipinski definition) is 4. The lowest BCUT2D eigenvalue weighted by molar-refractivity contribution is -0.137. The minimum atomic E-state index is -4.42. The zero-order chi connectivity index (χ0) is 22.5. The molecule has 0 fully saturated rings. The average Bonchev–Trinajstić information content (AvgIpc) is 3.26. The zero-order valence-corrected chi connectivity index (χ0v) is 20.0. The van der Waals surface area contributed by atoms with Gasteiger partial charge in [-0.2, -0.15) is 13.2 Å². The number of nitrogens with zero attached hydrogens (tertiary/aromatic N) is 1. The van der Waals surface area contributed by atoms with Crippen molar-refractivity contribution < 1.29 is 27.1 Å². The fourth-order valence-electron chi connectivity index (χ4n) is 2.54. The second-order valence-electron chi connectivity index (χ2n) is 6.50. The summed E-state index contributed by atoms with van der Waals surface area (Å²) in [4.78, 5) is 16.5. The van der Waals surface area contributed by atoms with Crippen LogP contribution >= 0.6 is 24.0 Å². The maximum absolute atomic E-state index is 12.6. The number of carbonyl (C=O) groups excluding carboxylic acids is 1. The molecule has 7 nitrogen and oxygen atoms in total. The Bertz CT molecular complexity index is 813. The second kappa shape index (κ2) is 14.7. The van der Waals surface area contributed by atoms with Gasteiger partial charge in [-0.25, -0.2) is 0 Å². The number of alkyl halides is 3. The van der Waals surface area contributed by atoms with Gasteiger partial charge in [0.1, 0.15) is 12.4 Å². The van der Waals surface area contributed by atoms with Gasteiger partial charge >= 0.3 is 6.18 Å². The van der Waals surface area contributed by atoms with Gasteiger partial charge in [-0.15, -0.1) is 24.0 Å². The van der Waals surface area contributed by atoms with Crippen LogP contribution in [-0.4, -0.2) is 44.7 Å². The van der Waals surface area contributed by atoms with E-state index in [9.17, 15) is 18.0 Å². The number of amides is 1. The van der Waals surface area contributed by atoms with Crippen molar-refractivity contribution in [3.05, 3.63) is 59.5 Å². The summed E-state index contributed by atoms with van der Waals surface area (Å²) in [6.07, 6.45) is -2.09. The number of nitrogens with one attached hydrogen (secondary N) is 3. The van der Waals surface area contributed by atoms with Crippen molar-refractivity contribution in [3.8, 4) is 0 Å². The molecule has 0 bridgehead atoms. The Labute approximate surface area is 202 Å². The highest BCUT2D eigenvalue weighted by atomic mass is 127. The van der Waals surface area contributed by atoms with Gasteiger partial charge in [-0.05, 0) is 49.7 Å². The number of rotatable bonds is 11. The number of guanidine groups is 1. The molecule has 1 aromatic heterocycles. The average molecular weight is 568 g/mol. The van der Waals surface area contributed by atoms with Gasteiger partial charge in [0, 0.05) is 38.3 Å². The Morgan fingerprint density at radius 1 is 1.09 bits per heavy atom. The summed E-state index contributed by atoms with van der Waals surface area (Å²) < 4.78 is 48.4. The number of furan rings is 1. The standard InChI is InChI=1S/C21H27F3N4O3.HI/c1-2-25-20(27-10-4-13-30-15-18-5-3-14-31-18)28-12-11-26-19(29)16-6-8-17(9-7-16)21(22,23)24;/h3,5-9,14H,2,4,10-13,15H2,1H3,(H,26,29)(H2,25,27,28);1H. The largest absolute Gasteiger partial charge is 0.467 e. The molecule has 1 heterocycles. The maximum Gasteiger partial charge on any atom is 0.416 e. The third-order valence-electron chi connectivity index (χ3n) is 4.06. The SMILES string of the molecule is CCNC(=NCCCOCc1ccco1)NCCNC(=O)c1ccc(C(F)(F)F)cc1.I. The van der Waals surface area contributed by atoms with Crippen molar-refractivity contribution >= 4 is 35.8 Å². The van der Waals surface area contributed by atoms with Crippen molar-refractivity contribution in [1.29, 1.82) is 0 Å². The summed E-state index contributed by atoms with van der Waals surface area (Å²) >= 11 is 0. The van der Waals surface area contributed by atoms with Gasteiger partial charge < -0.3 is 25.1 Å². The van der Waals surface area contributed by atoms with Crippen LogP contribution in [0.1, 0.15) is 35.0 Å². The van der Waals surface area contributed by atoms with Gasteiger partial charge in [0.2, 0.25) is 0 Å². The molecule has 11 heteroatoms. The molecule has 0 saturated heterocycles. The minimum absolute atomic E-state index is 0. The number of carbonyl (C=O) groups is 1. The van der Waals surface area contributed by atoms with Gasteiger partial charge in [-0.3, -0.25) is 9.79 Å². The molecule has 32 heavy (non-hydrogen) atoms. The molecular weight excluding hydrogens is 540 g/mol. The first-order valence-electron chi connectivity index (χ1n) is 9.98. The summed E-state index contributed by atoms with van der Waals surface area (Å²) in [6, 6.07) is 7.75. The predicted octanol–water partition coefficient (Wildman–Crippen LogP) is 3.81. The van der Waals surface area contributed by atoms with Crippen LogP contribution in [0.15, 0.2) is 52.1 Å². The van der Waals surface area contributed by atoms with Crippen LogP contribution in [0.2, 0.25) is 0 Å². The molecule has 0 radical (unpaired) electrons. The molecule has 0 spiro atoms. The molecule has 0 unspecified atom stereocenters. The monoisotopic (exact) mass is 568 g/mol. The first-order valence-corrected chi connectivity index (χ1v) is 9.98. The zero-order valence-electron chi connectivity index (χ0n) is 17.7. The molecule has 0 aliphatic rings. The maximum atomic E-state index is 12.6. The molecule has 3 N–H and O–H groups in total. The number of benzene rings is 1. The van der Waals surface area contributed by atoms with E-state index in [0.717, 1.165) is 36.4 Å². The highest BCUT2D eigenvalue weighted by Crippen LogP contribution is 2.29.